The Hall–Kier alpha value is -4.83. The monoisotopic (exact) mass is 633 g/mol. The Morgan fingerprint density at radius 1 is 0.872 bits per heavy atom. The van der Waals surface area contributed by atoms with Gasteiger partial charge in [0.2, 0.25) is 11.8 Å². The molecular formula is C37H40FN7O2. The van der Waals surface area contributed by atoms with Gasteiger partial charge in [0.05, 0.1) is 5.69 Å². The Morgan fingerprint density at radius 3 is 2.40 bits per heavy atom. The van der Waals surface area contributed by atoms with E-state index in [9.17, 15) is 14.0 Å². The summed E-state index contributed by atoms with van der Waals surface area (Å²) in [7, 11) is 0. The van der Waals surface area contributed by atoms with Crippen molar-refractivity contribution in [1.82, 2.24) is 20.2 Å². The fraction of sp³-hybridized carbons (Fsp3) is 0.351. The van der Waals surface area contributed by atoms with Crippen molar-refractivity contribution in [1.29, 1.82) is 0 Å². The number of halogens is 1. The molecule has 1 atom stereocenters. The van der Waals surface area contributed by atoms with Gasteiger partial charge in [0.1, 0.15) is 24.0 Å². The minimum absolute atomic E-state index is 0.200. The molecule has 3 N–H and O–H groups in total. The van der Waals surface area contributed by atoms with E-state index >= 15 is 0 Å². The van der Waals surface area contributed by atoms with Gasteiger partial charge in [-0.25, -0.2) is 14.4 Å². The van der Waals surface area contributed by atoms with Crippen molar-refractivity contribution in [3.63, 3.8) is 0 Å². The number of nitrogens with one attached hydrogen (secondary N) is 3. The van der Waals surface area contributed by atoms with E-state index in [-0.39, 0.29) is 23.7 Å². The van der Waals surface area contributed by atoms with Gasteiger partial charge >= 0.3 is 0 Å². The van der Waals surface area contributed by atoms with Crippen molar-refractivity contribution in [3.8, 4) is 11.3 Å². The first-order valence-electron chi connectivity index (χ1n) is 16.4. The molecule has 1 aliphatic carbocycles. The van der Waals surface area contributed by atoms with Gasteiger partial charge in [-0.1, -0.05) is 18.2 Å². The van der Waals surface area contributed by atoms with Gasteiger partial charge in [0.25, 0.3) is 0 Å². The second kappa shape index (κ2) is 13.1. The van der Waals surface area contributed by atoms with E-state index in [1.165, 1.54) is 17.6 Å². The third kappa shape index (κ3) is 6.83. The molecule has 10 heteroatoms. The van der Waals surface area contributed by atoms with E-state index in [1.807, 2.05) is 38.1 Å². The fourth-order valence-corrected chi connectivity index (χ4v) is 6.87. The van der Waals surface area contributed by atoms with Crippen LogP contribution in [0.4, 0.5) is 27.3 Å². The van der Waals surface area contributed by atoms with E-state index in [2.05, 4.69) is 66.0 Å². The lowest BCUT2D eigenvalue weighted by Gasteiger charge is -2.47. The van der Waals surface area contributed by atoms with Gasteiger partial charge in [0.15, 0.2) is 0 Å². The Balaban J connectivity index is 0.902. The van der Waals surface area contributed by atoms with Gasteiger partial charge in [-0.2, -0.15) is 0 Å². The highest BCUT2D eigenvalue weighted by Crippen LogP contribution is 2.40. The number of aromatic nitrogens is 2. The molecule has 4 aromatic rings. The number of nitrogens with zero attached hydrogens (tertiary/aromatic N) is 4. The highest BCUT2D eigenvalue weighted by molar-refractivity contribution is 6.01. The first-order valence-corrected chi connectivity index (χ1v) is 16.4. The standard InChI is InChI=1S/C37H40FN7O2/c1-23-16-31(32(38)17-24(23)2)34-21-35(40-22-39-34)42-28-4-3-5-29(20-28)44-12-14-45(15-13-44)30-18-26(19-30)25-6-8-27(9-7-25)41-33-10-11-36(46)43-37(33)47/h3-9,16-17,20-22,26,30,33,41H,10-15,18-19H2,1-2H3,(H,39,40,42)(H,43,46,47). The zero-order valence-electron chi connectivity index (χ0n) is 26.8. The minimum Gasteiger partial charge on any atom is -0.374 e. The molecule has 0 spiro atoms. The van der Waals surface area contributed by atoms with Crippen LogP contribution in [0.25, 0.3) is 11.3 Å². The molecule has 3 fully saturated rings. The predicted molar refractivity (Wildman–Crippen MR) is 182 cm³/mol. The van der Waals surface area contributed by atoms with Crippen molar-refractivity contribution < 1.29 is 14.0 Å². The minimum atomic E-state index is -0.364. The zero-order valence-corrected chi connectivity index (χ0v) is 26.8. The summed E-state index contributed by atoms with van der Waals surface area (Å²) >= 11 is 0. The summed E-state index contributed by atoms with van der Waals surface area (Å²) in [5, 5.41) is 9.05. The van der Waals surface area contributed by atoms with E-state index in [1.54, 1.807) is 12.1 Å². The number of anilines is 4. The van der Waals surface area contributed by atoms with E-state index < -0.39 is 0 Å². The molecule has 9 nitrogen and oxygen atoms in total. The lowest BCUT2D eigenvalue weighted by atomic mass is 9.75. The molecule has 3 heterocycles. The van der Waals surface area contributed by atoms with Gasteiger partial charge < -0.3 is 15.5 Å². The Labute approximate surface area is 274 Å². The number of amides is 2. The van der Waals surface area contributed by atoms with E-state index in [0.29, 0.717) is 41.9 Å². The van der Waals surface area contributed by atoms with Crippen molar-refractivity contribution in [2.45, 2.75) is 57.5 Å². The maximum Gasteiger partial charge on any atom is 0.249 e. The maximum atomic E-state index is 14.7. The maximum absolute atomic E-state index is 14.7. The zero-order chi connectivity index (χ0) is 32.5. The summed E-state index contributed by atoms with van der Waals surface area (Å²) in [6, 6.07) is 22.2. The van der Waals surface area contributed by atoms with Gasteiger partial charge in [0, 0.05) is 67.3 Å². The Morgan fingerprint density at radius 2 is 1.64 bits per heavy atom. The van der Waals surface area contributed by atoms with Gasteiger partial charge in [-0.3, -0.25) is 19.8 Å². The van der Waals surface area contributed by atoms with Crippen LogP contribution in [0.2, 0.25) is 0 Å². The smallest absolute Gasteiger partial charge is 0.249 e. The number of imide groups is 1. The normalized spacial score (nSPS) is 21.6. The van der Waals surface area contributed by atoms with Crippen LogP contribution in [0.3, 0.4) is 0 Å². The number of carbonyl (C=O) groups excluding carboxylic acids is 2. The Bertz CT molecular complexity index is 1780. The first-order chi connectivity index (χ1) is 22.8. The van der Waals surface area contributed by atoms with Crippen LogP contribution in [0.5, 0.6) is 0 Å². The van der Waals surface area contributed by atoms with E-state index in [4.69, 9.17) is 0 Å². The molecule has 3 aromatic carbocycles. The molecule has 1 saturated carbocycles. The average molecular weight is 634 g/mol. The SMILES string of the molecule is Cc1cc(F)c(-c2cc(Nc3cccc(N4CCN(C5CC(c6ccc(NC7CCC(=O)NC7=O)cc6)C5)CC4)c3)ncn2)cc1C. The number of benzene rings is 3. The van der Waals surface area contributed by atoms with Gasteiger partial charge in [-0.15, -0.1) is 0 Å². The molecule has 2 saturated heterocycles. The number of piperidine rings is 1. The van der Waals surface area contributed by atoms with Crippen molar-refractivity contribution in [2.75, 3.05) is 41.7 Å². The van der Waals surface area contributed by atoms with Crippen LogP contribution in [-0.2, 0) is 9.59 Å². The molecule has 2 aliphatic heterocycles. The van der Waals surface area contributed by atoms with Gasteiger partial charge in [-0.05, 0) is 98.2 Å². The average Bonchev–Trinajstić information content (AvgIpc) is 3.05. The summed E-state index contributed by atoms with van der Waals surface area (Å²) in [5.74, 6) is 0.440. The molecule has 2 amide bonds. The molecular weight excluding hydrogens is 593 g/mol. The summed E-state index contributed by atoms with van der Waals surface area (Å²) in [5.41, 5.74) is 7.30. The second-order valence-electron chi connectivity index (χ2n) is 13.0. The van der Waals surface area contributed by atoms with Crippen molar-refractivity contribution in [2.24, 2.45) is 0 Å². The third-order valence-electron chi connectivity index (χ3n) is 9.92. The largest absolute Gasteiger partial charge is 0.374 e. The summed E-state index contributed by atoms with van der Waals surface area (Å²) < 4.78 is 14.7. The topological polar surface area (TPSA) is 102 Å². The van der Waals surface area contributed by atoms with E-state index in [0.717, 1.165) is 61.5 Å². The number of hydrogen-bond donors (Lipinski definition) is 3. The molecule has 1 aromatic heterocycles. The third-order valence-corrected chi connectivity index (χ3v) is 9.92. The molecule has 0 radical (unpaired) electrons. The highest BCUT2D eigenvalue weighted by atomic mass is 19.1. The number of hydrogen-bond acceptors (Lipinski definition) is 8. The highest BCUT2D eigenvalue weighted by Gasteiger charge is 2.36. The summed E-state index contributed by atoms with van der Waals surface area (Å²) in [6.07, 6.45) is 4.68. The number of rotatable bonds is 8. The summed E-state index contributed by atoms with van der Waals surface area (Å²) in [4.78, 5) is 37.2. The molecule has 242 valence electrons. The number of aryl methyl sites for hydroxylation is 2. The van der Waals surface area contributed by atoms with Crippen molar-refractivity contribution in [3.05, 3.63) is 95.6 Å². The molecule has 0 bridgehead atoms. The first kappa shape index (κ1) is 30.8. The second-order valence-corrected chi connectivity index (χ2v) is 13.0. The van der Waals surface area contributed by atoms with Crippen LogP contribution in [0, 0.1) is 19.7 Å². The van der Waals surface area contributed by atoms with Crippen LogP contribution in [-0.4, -0.2) is 64.9 Å². The molecule has 1 unspecified atom stereocenters. The lowest BCUT2D eigenvalue weighted by Crippen LogP contribution is -2.53. The van der Waals surface area contributed by atoms with Crippen molar-refractivity contribution >= 4 is 34.7 Å². The predicted octanol–water partition coefficient (Wildman–Crippen LogP) is 5.93. The summed E-state index contributed by atoms with van der Waals surface area (Å²) in [6.45, 7) is 7.87. The number of piperazine rings is 1. The number of carbonyl (C=O) groups is 2. The molecule has 3 aliphatic rings. The molecule has 7 rings (SSSR count). The van der Waals surface area contributed by atoms with Crippen LogP contribution in [0.1, 0.15) is 48.3 Å². The Kier molecular flexibility index (Phi) is 8.60. The molecule has 47 heavy (non-hydrogen) atoms. The quantitative estimate of drug-likeness (QED) is 0.205. The fourth-order valence-electron chi connectivity index (χ4n) is 6.87. The van der Waals surface area contributed by atoms with Crippen LogP contribution < -0.4 is 20.9 Å². The lowest BCUT2D eigenvalue weighted by molar-refractivity contribution is -0.133. The van der Waals surface area contributed by atoms with Crippen LogP contribution >= 0.6 is 0 Å². The van der Waals surface area contributed by atoms with Crippen LogP contribution in [0.15, 0.2) is 73.1 Å².